The van der Waals surface area contributed by atoms with Crippen LogP contribution in [0.2, 0.25) is 0 Å². The fourth-order valence-electron chi connectivity index (χ4n) is 3.31. The highest BCUT2D eigenvalue weighted by molar-refractivity contribution is 7.99. The zero-order valence-electron chi connectivity index (χ0n) is 15.9. The molecule has 5 nitrogen and oxygen atoms in total. The number of benzene rings is 1. The number of rotatable bonds is 6. The van der Waals surface area contributed by atoms with E-state index < -0.39 is 0 Å². The summed E-state index contributed by atoms with van der Waals surface area (Å²) < 4.78 is 5.00. The van der Waals surface area contributed by atoms with Crippen LogP contribution >= 0.6 is 23.1 Å². The molecular weight excluding hydrogens is 380 g/mol. The van der Waals surface area contributed by atoms with E-state index in [4.69, 9.17) is 4.74 Å². The van der Waals surface area contributed by atoms with E-state index in [2.05, 4.69) is 19.2 Å². The molecule has 1 aliphatic heterocycles. The second-order valence-corrected chi connectivity index (χ2v) is 8.84. The predicted octanol–water partition coefficient (Wildman–Crippen LogP) is 2.86. The van der Waals surface area contributed by atoms with Crippen molar-refractivity contribution in [2.45, 2.75) is 31.7 Å². The van der Waals surface area contributed by atoms with Crippen LogP contribution in [0.5, 0.6) is 0 Å². The van der Waals surface area contributed by atoms with Crippen LogP contribution in [0.15, 0.2) is 29.2 Å². The zero-order chi connectivity index (χ0) is 19.4. The Balaban J connectivity index is 1.90. The van der Waals surface area contributed by atoms with Gasteiger partial charge in [-0.25, -0.2) is 4.79 Å². The molecule has 1 aliphatic rings. The first-order valence-electron chi connectivity index (χ1n) is 9.18. The average Bonchev–Trinajstić information content (AvgIpc) is 3.04. The maximum Gasteiger partial charge on any atom is 0.341 e. The number of anilines is 1. The van der Waals surface area contributed by atoms with Gasteiger partial charge < -0.3 is 15.0 Å². The maximum absolute atomic E-state index is 12.8. The lowest BCUT2D eigenvalue weighted by Gasteiger charge is -2.22. The third-order valence-electron chi connectivity index (χ3n) is 4.75. The van der Waals surface area contributed by atoms with E-state index in [1.807, 2.05) is 18.2 Å². The van der Waals surface area contributed by atoms with Crippen LogP contribution in [0, 0.1) is 0 Å². The van der Waals surface area contributed by atoms with Gasteiger partial charge in [0.1, 0.15) is 11.5 Å². The van der Waals surface area contributed by atoms with Crippen molar-refractivity contribution in [1.82, 2.24) is 0 Å². The molecule has 2 N–H and O–H groups in total. The quantitative estimate of drug-likeness (QED) is 0.573. The highest BCUT2D eigenvalue weighted by Crippen LogP contribution is 2.35. The SMILES string of the molecule is CCSc1cccc(C(=O)Nc2sc3c(c2C(=O)OC)CC[NH+](CC)C3)c1. The molecule has 7 heteroatoms. The molecule has 2 heterocycles. The van der Waals surface area contributed by atoms with Gasteiger partial charge in [0.05, 0.1) is 30.6 Å². The zero-order valence-corrected chi connectivity index (χ0v) is 17.5. The van der Waals surface area contributed by atoms with E-state index in [1.54, 1.807) is 17.8 Å². The molecule has 1 unspecified atom stereocenters. The molecule has 3 rings (SSSR count). The molecule has 0 fully saturated rings. The van der Waals surface area contributed by atoms with Crippen molar-refractivity contribution in [3.63, 3.8) is 0 Å². The van der Waals surface area contributed by atoms with Crippen LogP contribution < -0.4 is 10.2 Å². The predicted molar refractivity (Wildman–Crippen MR) is 110 cm³/mol. The molecular formula is C20H25N2O3S2+. The van der Waals surface area contributed by atoms with Crippen LogP contribution in [0.4, 0.5) is 5.00 Å². The molecule has 0 saturated heterocycles. The Labute approximate surface area is 168 Å². The van der Waals surface area contributed by atoms with Crippen molar-refractivity contribution >= 4 is 40.0 Å². The summed E-state index contributed by atoms with van der Waals surface area (Å²) in [5.41, 5.74) is 2.16. The van der Waals surface area contributed by atoms with Gasteiger partial charge in [-0.15, -0.1) is 23.1 Å². The molecule has 1 amide bonds. The largest absolute Gasteiger partial charge is 0.465 e. The topological polar surface area (TPSA) is 59.8 Å². The minimum Gasteiger partial charge on any atom is -0.465 e. The second-order valence-electron chi connectivity index (χ2n) is 6.39. The van der Waals surface area contributed by atoms with Crippen LogP contribution in [0.1, 0.15) is 45.0 Å². The first-order valence-corrected chi connectivity index (χ1v) is 11.0. The smallest absolute Gasteiger partial charge is 0.341 e. The lowest BCUT2D eigenvalue weighted by atomic mass is 10.0. The van der Waals surface area contributed by atoms with E-state index in [0.717, 1.165) is 42.3 Å². The Morgan fingerprint density at radius 1 is 1.33 bits per heavy atom. The number of fused-ring (bicyclic) bond motifs is 1. The Bertz CT molecular complexity index is 848. The molecule has 2 aromatic rings. The highest BCUT2D eigenvalue weighted by atomic mass is 32.2. The fraction of sp³-hybridized carbons (Fsp3) is 0.400. The molecule has 0 spiro atoms. The normalized spacial score (nSPS) is 15.9. The molecule has 0 radical (unpaired) electrons. The third kappa shape index (κ3) is 4.36. The summed E-state index contributed by atoms with van der Waals surface area (Å²) in [4.78, 5) is 28.9. The molecule has 0 aliphatic carbocycles. The summed E-state index contributed by atoms with van der Waals surface area (Å²) in [5, 5.41) is 3.56. The van der Waals surface area contributed by atoms with Crippen LogP contribution in [0.3, 0.4) is 0 Å². The Morgan fingerprint density at radius 3 is 2.85 bits per heavy atom. The van der Waals surface area contributed by atoms with Gasteiger partial charge in [0.15, 0.2) is 0 Å². The van der Waals surface area contributed by atoms with Gasteiger partial charge in [0.2, 0.25) is 0 Å². The van der Waals surface area contributed by atoms with Gasteiger partial charge in [0.25, 0.3) is 5.91 Å². The number of esters is 1. The van der Waals surface area contributed by atoms with Crippen molar-refractivity contribution < 1.29 is 19.2 Å². The van der Waals surface area contributed by atoms with E-state index >= 15 is 0 Å². The summed E-state index contributed by atoms with van der Waals surface area (Å²) in [5.74, 6) is 0.376. The first-order chi connectivity index (χ1) is 13.1. The number of quaternary nitrogens is 1. The van der Waals surface area contributed by atoms with E-state index in [0.29, 0.717) is 16.1 Å². The minimum atomic E-state index is -0.377. The number of carbonyl (C=O) groups excluding carboxylic acids is 2. The molecule has 1 atom stereocenters. The number of carbonyl (C=O) groups is 2. The monoisotopic (exact) mass is 405 g/mol. The Hall–Kier alpha value is -1.83. The lowest BCUT2D eigenvalue weighted by Crippen LogP contribution is -3.11. The summed E-state index contributed by atoms with van der Waals surface area (Å²) in [6.45, 7) is 7.18. The summed E-state index contributed by atoms with van der Waals surface area (Å²) in [6.07, 6.45) is 0.831. The van der Waals surface area contributed by atoms with Gasteiger partial charge in [-0.2, -0.15) is 0 Å². The van der Waals surface area contributed by atoms with Crippen LogP contribution in [-0.2, 0) is 17.7 Å². The molecule has 144 valence electrons. The molecule has 1 aromatic heterocycles. The minimum absolute atomic E-state index is 0.197. The van der Waals surface area contributed by atoms with Gasteiger partial charge in [-0.05, 0) is 36.4 Å². The van der Waals surface area contributed by atoms with Crippen LogP contribution in [0.25, 0.3) is 0 Å². The van der Waals surface area contributed by atoms with Gasteiger partial charge in [-0.1, -0.05) is 13.0 Å². The number of amides is 1. The number of ether oxygens (including phenoxy) is 1. The molecule has 0 bridgehead atoms. The third-order valence-corrected chi connectivity index (χ3v) is 6.78. The van der Waals surface area contributed by atoms with E-state index in [1.165, 1.54) is 28.2 Å². The number of thioether (sulfide) groups is 1. The molecule has 0 saturated carbocycles. The van der Waals surface area contributed by atoms with Crippen molar-refractivity contribution in [3.05, 3.63) is 45.8 Å². The molecule has 27 heavy (non-hydrogen) atoms. The van der Waals surface area contributed by atoms with Crippen molar-refractivity contribution in [1.29, 1.82) is 0 Å². The maximum atomic E-state index is 12.8. The number of hydrogen-bond donors (Lipinski definition) is 2. The number of nitrogens with one attached hydrogen (secondary N) is 2. The van der Waals surface area contributed by atoms with Crippen molar-refractivity contribution in [2.75, 3.05) is 31.3 Å². The van der Waals surface area contributed by atoms with E-state index in [9.17, 15) is 9.59 Å². The molecule has 1 aromatic carbocycles. The summed E-state index contributed by atoms with van der Waals surface area (Å²) in [7, 11) is 1.38. The standard InChI is InChI=1S/C20H24N2O3S2/c1-4-22-10-9-15-16(12-22)27-19(17(15)20(24)25-3)21-18(23)13-7-6-8-14(11-13)26-5-2/h6-8,11H,4-5,9-10,12H2,1-3H3,(H,21,23)/p+1. The first kappa shape index (κ1) is 19.9. The Morgan fingerprint density at radius 2 is 2.15 bits per heavy atom. The Kier molecular flexibility index (Phi) is 6.57. The second kappa shape index (κ2) is 8.91. The van der Waals surface area contributed by atoms with Crippen LogP contribution in [-0.4, -0.2) is 37.8 Å². The number of methoxy groups -OCH3 is 1. The van der Waals surface area contributed by atoms with Gasteiger partial charge in [0, 0.05) is 16.9 Å². The highest BCUT2D eigenvalue weighted by Gasteiger charge is 2.30. The summed E-state index contributed by atoms with van der Waals surface area (Å²) in [6, 6.07) is 7.56. The fourth-order valence-corrected chi connectivity index (χ4v) is 5.33. The van der Waals surface area contributed by atoms with Gasteiger partial charge in [-0.3, -0.25) is 4.79 Å². The number of thiophene rings is 1. The van der Waals surface area contributed by atoms with Crippen molar-refractivity contribution in [3.8, 4) is 0 Å². The lowest BCUT2D eigenvalue weighted by molar-refractivity contribution is -0.913. The summed E-state index contributed by atoms with van der Waals surface area (Å²) >= 11 is 3.20. The van der Waals surface area contributed by atoms with E-state index in [-0.39, 0.29) is 11.9 Å². The number of hydrogen-bond acceptors (Lipinski definition) is 5. The average molecular weight is 406 g/mol. The van der Waals surface area contributed by atoms with Gasteiger partial charge >= 0.3 is 5.97 Å². The van der Waals surface area contributed by atoms with Crippen molar-refractivity contribution in [2.24, 2.45) is 0 Å². The number of likely N-dealkylation sites (N-methyl/N-ethyl adjacent to an activating group) is 1.